The van der Waals surface area contributed by atoms with Crippen LogP contribution in [0.15, 0.2) is 75.3 Å². The maximum absolute atomic E-state index is 13.3. The van der Waals surface area contributed by atoms with Crippen molar-refractivity contribution < 1.29 is 27.3 Å². The summed E-state index contributed by atoms with van der Waals surface area (Å²) in [4.78, 5) is 23.2. The number of likely N-dealkylation sites (tertiary alicyclic amines) is 2. The highest BCUT2D eigenvalue weighted by Gasteiger charge is 2.40. The average Bonchev–Trinajstić information content (AvgIpc) is 3.04. The highest BCUT2D eigenvalue weighted by Crippen LogP contribution is 2.34. The number of carbonyl (C=O) groups excluding carboxylic acids is 1. The molecule has 2 aliphatic rings. The third-order valence-electron chi connectivity index (χ3n) is 9.28. The van der Waals surface area contributed by atoms with Gasteiger partial charge in [0.1, 0.15) is 12.2 Å². The number of rotatable bonds is 7. The first-order valence-electron chi connectivity index (χ1n) is 16.0. The summed E-state index contributed by atoms with van der Waals surface area (Å²) >= 11 is 3.52. The zero-order valence-corrected chi connectivity index (χ0v) is 30.2. The number of hydrogen-bond acceptors (Lipinski definition) is 7. The van der Waals surface area contributed by atoms with E-state index in [1.807, 2.05) is 25.7 Å². The van der Waals surface area contributed by atoms with Gasteiger partial charge in [0, 0.05) is 42.0 Å². The zero-order valence-electron chi connectivity index (χ0n) is 27.8. The van der Waals surface area contributed by atoms with E-state index < -0.39 is 10.1 Å². The SMILES string of the molecule is CCO/N=C(/c1ccc(Br)cc1)C1CCN(C2(C)CCN(C(=O)c3c(C)cc[n+]([O-])c3C)CC2)CC1.Cc1ccc(S(=O)(=O)O)cc1. The summed E-state index contributed by atoms with van der Waals surface area (Å²) < 4.78 is 31.4. The van der Waals surface area contributed by atoms with Crippen LogP contribution in [0.5, 0.6) is 0 Å². The van der Waals surface area contributed by atoms with Gasteiger partial charge in [0.05, 0.1) is 10.6 Å². The van der Waals surface area contributed by atoms with E-state index in [-0.39, 0.29) is 16.3 Å². The van der Waals surface area contributed by atoms with Gasteiger partial charge >= 0.3 is 0 Å². The highest BCUT2D eigenvalue weighted by molar-refractivity contribution is 9.10. The van der Waals surface area contributed by atoms with Crippen LogP contribution in [0.25, 0.3) is 0 Å². The van der Waals surface area contributed by atoms with Crippen molar-refractivity contribution in [2.24, 2.45) is 11.1 Å². The van der Waals surface area contributed by atoms with Crippen LogP contribution in [-0.4, -0.2) is 72.7 Å². The Kier molecular flexibility index (Phi) is 12.2. The van der Waals surface area contributed by atoms with E-state index in [0.29, 0.717) is 36.9 Å². The predicted octanol–water partition coefficient (Wildman–Crippen LogP) is 6.09. The summed E-state index contributed by atoms with van der Waals surface area (Å²) in [5.74, 6) is 0.337. The Hall–Kier alpha value is -3.32. The van der Waals surface area contributed by atoms with Gasteiger partial charge < -0.3 is 14.9 Å². The second-order valence-electron chi connectivity index (χ2n) is 12.5. The summed E-state index contributed by atoms with van der Waals surface area (Å²) in [5.41, 5.74) is 5.06. The maximum atomic E-state index is 13.3. The normalized spacial score (nSPS) is 17.5. The Balaban J connectivity index is 0.000000385. The first-order chi connectivity index (χ1) is 22.2. The van der Waals surface area contributed by atoms with Crippen LogP contribution in [0.2, 0.25) is 0 Å². The standard InChI is InChI=1S/C28H37BrN4O3.C7H8O3S/c1-5-36-30-26(22-6-8-24(29)9-7-22)23-11-15-32(16-12-23)28(4)13-18-31(19-14-28)27(34)25-20(2)10-17-33(35)21(25)3;1-6-2-4-7(5-3-6)11(8,9)10/h6-10,17,23H,5,11-16,18-19H2,1-4H3;2-5H,1H3,(H,8,9,10)/b30-26-;. The van der Waals surface area contributed by atoms with E-state index in [1.165, 1.54) is 18.3 Å². The molecule has 0 atom stereocenters. The minimum absolute atomic E-state index is 0.0257. The minimum Gasteiger partial charge on any atom is -0.618 e. The molecule has 1 N–H and O–H groups in total. The smallest absolute Gasteiger partial charge is 0.294 e. The average molecular weight is 730 g/mol. The molecule has 0 saturated carbocycles. The number of amides is 1. The number of nitrogens with zero attached hydrogens (tertiary/aromatic N) is 4. The molecule has 0 bridgehead atoms. The van der Waals surface area contributed by atoms with Crippen molar-refractivity contribution in [3.8, 4) is 0 Å². The molecule has 0 spiro atoms. The topological polar surface area (TPSA) is 126 Å². The number of piperidine rings is 2. The second kappa shape index (κ2) is 15.7. The Morgan fingerprint density at radius 2 is 1.62 bits per heavy atom. The van der Waals surface area contributed by atoms with Crippen LogP contribution >= 0.6 is 15.9 Å². The molecule has 2 fully saturated rings. The monoisotopic (exact) mass is 728 g/mol. The summed E-state index contributed by atoms with van der Waals surface area (Å²) in [5, 5.41) is 16.6. The molecular formula is C35H45BrN4O6S. The lowest BCUT2D eigenvalue weighted by Crippen LogP contribution is -2.57. The van der Waals surface area contributed by atoms with Gasteiger partial charge in [0.15, 0.2) is 6.20 Å². The van der Waals surface area contributed by atoms with Crippen LogP contribution in [0.4, 0.5) is 0 Å². The van der Waals surface area contributed by atoms with Crippen molar-refractivity contribution in [1.29, 1.82) is 0 Å². The molecule has 3 aromatic rings. The van der Waals surface area contributed by atoms with Gasteiger partial charge in [-0.1, -0.05) is 50.9 Å². The number of oxime groups is 1. The molecular weight excluding hydrogens is 684 g/mol. The fraction of sp³-hybridized carbons (Fsp3) is 0.457. The van der Waals surface area contributed by atoms with Crippen LogP contribution in [-0.2, 0) is 15.0 Å². The maximum Gasteiger partial charge on any atom is 0.294 e. The van der Waals surface area contributed by atoms with Crippen LogP contribution in [0.1, 0.15) is 72.3 Å². The molecule has 5 rings (SSSR count). The van der Waals surface area contributed by atoms with E-state index in [9.17, 15) is 18.4 Å². The highest BCUT2D eigenvalue weighted by atomic mass is 79.9. The lowest BCUT2D eigenvalue weighted by atomic mass is 9.82. The molecule has 0 unspecified atom stereocenters. The van der Waals surface area contributed by atoms with Gasteiger partial charge in [-0.3, -0.25) is 14.2 Å². The molecule has 0 aliphatic carbocycles. The van der Waals surface area contributed by atoms with Crippen molar-refractivity contribution in [1.82, 2.24) is 9.80 Å². The molecule has 47 heavy (non-hydrogen) atoms. The van der Waals surface area contributed by atoms with Crippen molar-refractivity contribution in [2.75, 3.05) is 32.8 Å². The number of halogens is 1. The van der Waals surface area contributed by atoms with E-state index >= 15 is 0 Å². The summed E-state index contributed by atoms with van der Waals surface area (Å²) in [6.45, 7) is 13.7. The molecule has 12 heteroatoms. The fourth-order valence-electron chi connectivity index (χ4n) is 6.28. The van der Waals surface area contributed by atoms with Gasteiger partial charge in [-0.2, -0.15) is 13.1 Å². The van der Waals surface area contributed by atoms with Crippen molar-refractivity contribution in [2.45, 2.75) is 70.7 Å². The quantitative estimate of drug-likeness (QED) is 0.103. The second-order valence-corrected chi connectivity index (χ2v) is 14.9. The van der Waals surface area contributed by atoms with Crippen molar-refractivity contribution >= 4 is 37.7 Å². The number of hydrogen-bond donors (Lipinski definition) is 1. The Morgan fingerprint density at radius 1 is 1.02 bits per heavy atom. The summed E-state index contributed by atoms with van der Waals surface area (Å²) in [6.07, 6.45) is 5.40. The summed E-state index contributed by atoms with van der Waals surface area (Å²) in [6, 6.07) is 16.0. The van der Waals surface area contributed by atoms with Crippen LogP contribution in [0.3, 0.4) is 0 Å². The van der Waals surface area contributed by atoms with E-state index in [1.54, 1.807) is 25.1 Å². The number of aromatic nitrogens is 1. The molecule has 2 aliphatic heterocycles. The molecule has 0 radical (unpaired) electrons. The largest absolute Gasteiger partial charge is 0.618 e. The third-order valence-corrected chi connectivity index (χ3v) is 10.7. The van der Waals surface area contributed by atoms with Gasteiger partial charge in [-0.25, -0.2) is 0 Å². The van der Waals surface area contributed by atoms with E-state index in [0.717, 1.165) is 70.4 Å². The number of aryl methyl sites for hydroxylation is 2. The first kappa shape index (κ1) is 36.5. The van der Waals surface area contributed by atoms with E-state index in [4.69, 9.17) is 9.39 Å². The van der Waals surface area contributed by atoms with Gasteiger partial charge in [0.2, 0.25) is 5.69 Å². The first-order valence-corrected chi connectivity index (χ1v) is 18.2. The summed E-state index contributed by atoms with van der Waals surface area (Å²) in [7, 11) is -4.02. The van der Waals surface area contributed by atoms with Crippen LogP contribution in [0, 0.1) is 31.9 Å². The Labute approximate surface area is 286 Å². The Morgan fingerprint density at radius 3 is 2.17 bits per heavy atom. The molecule has 1 amide bonds. The number of pyridine rings is 1. The number of carbonyl (C=O) groups is 1. The molecule has 2 aromatic carbocycles. The number of benzene rings is 2. The predicted molar refractivity (Wildman–Crippen MR) is 186 cm³/mol. The molecule has 2 saturated heterocycles. The van der Waals surface area contributed by atoms with E-state index in [2.05, 4.69) is 57.2 Å². The molecule has 3 heterocycles. The van der Waals surface area contributed by atoms with Crippen molar-refractivity contribution in [3.05, 3.63) is 98.4 Å². The Bertz CT molecular complexity index is 1660. The molecule has 1 aromatic heterocycles. The third kappa shape index (κ3) is 9.19. The molecule has 10 nitrogen and oxygen atoms in total. The van der Waals surface area contributed by atoms with Gasteiger partial charge in [-0.15, -0.1) is 0 Å². The lowest BCUT2D eigenvalue weighted by Gasteiger charge is -2.49. The zero-order chi connectivity index (χ0) is 34.4. The van der Waals surface area contributed by atoms with Crippen molar-refractivity contribution in [3.63, 3.8) is 0 Å². The van der Waals surface area contributed by atoms with Gasteiger partial charge in [0.25, 0.3) is 16.0 Å². The minimum atomic E-state index is -4.02. The van der Waals surface area contributed by atoms with Crippen LogP contribution < -0.4 is 4.73 Å². The molecule has 254 valence electrons. The lowest BCUT2D eigenvalue weighted by molar-refractivity contribution is -0.612. The van der Waals surface area contributed by atoms with Gasteiger partial charge in [-0.05, 0) is 102 Å². The fourth-order valence-corrected chi connectivity index (χ4v) is 7.02.